The molecule has 7 nitrogen and oxygen atoms in total. The minimum Gasteiger partial charge on any atom is -0.486 e. The molecule has 2 heterocycles. The monoisotopic (exact) mass is 326 g/mol. The number of hydrogen-bond acceptors (Lipinski definition) is 5. The molecule has 22 heavy (non-hydrogen) atoms. The first-order chi connectivity index (χ1) is 10.5. The van der Waals surface area contributed by atoms with E-state index < -0.39 is 10.0 Å². The topological polar surface area (TPSA) is 84.9 Å². The summed E-state index contributed by atoms with van der Waals surface area (Å²) >= 11 is 0. The van der Waals surface area contributed by atoms with Crippen molar-refractivity contribution in [2.24, 2.45) is 5.92 Å². The molecule has 1 amide bonds. The molecular formula is C14H18N2O5S. The summed E-state index contributed by atoms with van der Waals surface area (Å²) in [6.07, 6.45) is 0.375. The Labute approximate surface area is 129 Å². The molecule has 1 atom stereocenters. The molecule has 0 saturated carbocycles. The lowest BCUT2D eigenvalue weighted by Crippen LogP contribution is -2.30. The number of hydrogen-bond donors (Lipinski definition) is 1. The molecule has 2 aliphatic heterocycles. The van der Waals surface area contributed by atoms with Crippen molar-refractivity contribution < 1.29 is 22.7 Å². The van der Waals surface area contributed by atoms with Gasteiger partial charge in [0.1, 0.15) is 13.2 Å². The summed E-state index contributed by atoms with van der Waals surface area (Å²) < 4.78 is 38.0. The van der Waals surface area contributed by atoms with E-state index in [2.05, 4.69) is 4.72 Å². The average molecular weight is 326 g/mol. The van der Waals surface area contributed by atoms with Gasteiger partial charge in [-0.2, -0.15) is 0 Å². The van der Waals surface area contributed by atoms with Crippen molar-refractivity contribution in [1.29, 1.82) is 0 Å². The van der Waals surface area contributed by atoms with Crippen molar-refractivity contribution in [2.75, 3.05) is 33.4 Å². The van der Waals surface area contributed by atoms with Crippen LogP contribution in [-0.2, 0) is 14.8 Å². The second-order valence-electron chi connectivity index (χ2n) is 5.50. The fraction of sp³-hybridized carbons (Fsp3) is 0.500. The first-order valence-electron chi connectivity index (χ1n) is 7.09. The van der Waals surface area contributed by atoms with Crippen LogP contribution in [-0.4, -0.2) is 52.6 Å². The standard InChI is InChI=1S/C14H18N2O5S/c1-16-9-10(6-14(16)17)8-15-22(18,19)11-2-3-12-13(7-11)21-5-4-20-12/h2-3,7,10,15H,4-6,8-9H2,1H3. The maximum absolute atomic E-state index is 12.3. The van der Waals surface area contributed by atoms with E-state index in [0.717, 1.165) is 0 Å². The summed E-state index contributed by atoms with van der Waals surface area (Å²) in [6, 6.07) is 4.54. The van der Waals surface area contributed by atoms with E-state index >= 15 is 0 Å². The zero-order valence-electron chi connectivity index (χ0n) is 12.2. The Kier molecular flexibility index (Phi) is 3.96. The van der Waals surface area contributed by atoms with Crippen LogP contribution >= 0.6 is 0 Å². The molecular weight excluding hydrogens is 308 g/mol. The Morgan fingerprint density at radius 2 is 2.00 bits per heavy atom. The van der Waals surface area contributed by atoms with Crippen LogP contribution in [0.15, 0.2) is 23.1 Å². The van der Waals surface area contributed by atoms with E-state index in [1.54, 1.807) is 18.0 Å². The fourth-order valence-electron chi connectivity index (χ4n) is 2.59. The minimum absolute atomic E-state index is 0.00415. The second-order valence-corrected chi connectivity index (χ2v) is 7.27. The number of fused-ring (bicyclic) bond motifs is 1. The molecule has 0 radical (unpaired) electrons. The summed E-state index contributed by atoms with van der Waals surface area (Å²) in [7, 11) is -1.91. The SMILES string of the molecule is CN1CC(CNS(=O)(=O)c2ccc3c(c2)OCCO3)CC1=O. The number of likely N-dealkylation sites (tertiary alicyclic amines) is 1. The van der Waals surface area contributed by atoms with Gasteiger partial charge in [-0.25, -0.2) is 13.1 Å². The highest BCUT2D eigenvalue weighted by molar-refractivity contribution is 7.89. The summed E-state index contributed by atoms with van der Waals surface area (Å²) in [6.45, 7) is 1.68. The lowest BCUT2D eigenvalue weighted by atomic mass is 10.1. The van der Waals surface area contributed by atoms with Gasteiger partial charge in [0.2, 0.25) is 15.9 Å². The molecule has 8 heteroatoms. The van der Waals surface area contributed by atoms with Crippen LogP contribution in [0.3, 0.4) is 0 Å². The van der Waals surface area contributed by atoms with E-state index in [-0.39, 0.29) is 23.3 Å². The smallest absolute Gasteiger partial charge is 0.240 e. The predicted octanol–water partition coefficient (Wildman–Crippen LogP) is 0.214. The molecule has 1 aromatic carbocycles. The number of ether oxygens (including phenoxy) is 2. The van der Waals surface area contributed by atoms with Crippen LogP contribution in [0.4, 0.5) is 0 Å². The van der Waals surface area contributed by atoms with Crippen molar-refractivity contribution in [3.05, 3.63) is 18.2 Å². The van der Waals surface area contributed by atoms with Gasteiger partial charge < -0.3 is 14.4 Å². The zero-order chi connectivity index (χ0) is 15.7. The summed E-state index contributed by atoms with van der Waals surface area (Å²) in [5, 5.41) is 0. The van der Waals surface area contributed by atoms with Gasteiger partial charge in [-0.3, -0.25) is 4.79 Å². The maximum atomic E-state index is 12.3. The van der Waals surface area contributed by atoms with Crippen LogP contribution in [0.1, 0.15) is 6.42 Å². The van der Waals surface area contributed by atoms with Gasteiger partial charge in [0.25, 0.3) is 0 Å². The van der Waals surface area contributed by atoms with Crippen LogP contribution in [0, 0.1) is 5.92 Å². The Bertz CT molecular complexity index is 688. The van der Waals surface area contributed by atoms with Gasteiger partial charge in [0.05, 0.1) is 4.90 Å². The number of nitrogens with one attached hydrogen (secondary N) is 1. The van der Waals surface area contributed by atoms with E-state index in [0.29, 0.717) is 37.7 Å². The highest BCUT2D eigenvalue weighted by atomic mass is 32.2. The normalized spacial score (nSPS) is 21.2. The Morgan fingerprint density at radius 1 is 1.27 bits per heavy atom. The van der Waals surface area contributed by atoms with Gasteiger partial charge >= 0.3 is 0 Å². The third-order valence-electron chi connectivity index (χ3n) is 3.81. The molecule has 1 N–H and O–H groups in total. The Hall–Kier alpha value is -1.80. The van der Waals surface area contributed by atoms with Crippen molar-refractivity contribution in [3.63, 3.8) is 0 Å². The maximum Gasteiger partial charge on any atom is 0.240 e. The fourth-order valence-corrected chi connectivity index (χ4v) is 3.73. The van der Waals surface area contributed by atoms with Gasteiger partial charge in [-0.05, 0) is 18.1 Å². The number of amides is 1. The molecule has 1 saturated heterocycles. The molecule has 1 unspecified atom stereocenters. The Morgan fingerprint density at radius 3 is 2.68 bits per heavy atom. The summed E-state index contributed by atoms with van der Waals surface area (Å²) in [5.41, 5.74) is 0. The highest BCUT2D eigenvalue weighted by Gasteiger charge is 2.28. The van der Waals surface area contributed by atoms with Crippen molar-refractivity contribution in [2.45, 2.75) is 11.3 Å². The molecule has 0 bridgehead atoms. The van der Waals surface area contributed by atoms with Crippen LogP contribution < -0.4 is 14.2 Å². The van der Waals surface area contributed by atoms with Crippen molar-refractivity contribution in [3.8, 4) is 11.5 Å². The highest BCUT2D eigenvalue weighted by Crippen LogP contribution is 2.32. The van der Waals surface area contributed by atoms with E-state index in [1.807, 2.05) is 0 Å². The third-order valence-corrected chi connectivity index (χ3v) is 5.23. The first-order valence-corrected chi connectivity index (χ1v) is 8.57. The lowest BCUT2D eigenvalue weighted by Gasteiger charge is -2.19. The predicted molar refractivity (Wildman–Crippen MR) is 78.4 cm³/mol. The lowest BCUT2D eigenvalue weighted by molar-refractivity contribution is -0.126. The first kappa shape index (κ1) is 15.1. The quantitative estimate of drug-likeness (QED) is 0.855. The number of rotatable bonds is 4. The molecule has 0 aromatic heterocycles. The number of carbonyl (C=O) groups excluding carboxylic acids is 1. The molecule has 3 rings (SSSR count). The zero-order valence-corrected chi connectivity index (χ0v) is 13.1. The summed E-state index contributed by atoms with van der Waals surface area (Å²) in [5.74, 6) is 1.03. The third kappa shape index (κ3) is 3.02. The Balaban J connectivity index is 1.69. The minimum atomic E-state index is -3.63. The van der Waals surface area contributed by atoms with Gasteiger partial charge in [-0.15, -0.1) is 0 Å². The number of carbonyl (C=O) groups is 1. The average Bonchev–Trinajstić information content (AvgIpc) is 2.83. The molecule has 1 fully saturated rings. The van der Waals surface area contributed by atoms with E-state index in [1.165, 1.54) is 12.1 Å². The second kappa shape index (κ2) is 5.77. The largest absolute Gasteiger partial charge is 0.486 e. The number of nitrogens with zero attached hydrogens (tertiary/aromatic N) is 1. The molecule has 2 aliphatic rings. The van der Waals surface area contributed by atoms with Gasteiger partial charge in [-0.1, -0.05) is 0 Å². The van der Waals surface area contributed by atoms with Crippen LogP contribution in [0.25, 0.3) is 0 Å². The molecule has 0 spiro atoms. The molecule has 1 aromatic rings. The number of benzene rings is 1. The van der Waals surface area contributed by atoms with Crippen LogP contribution in [0.5, 0.6) is 11.5 Å². The molecule has 120 valence electrons. The number of sulfonamides is 1. The molecule has 0 aliphatic carbocycles. The van der Waals surface area contributed by atoms with E-state index in [9.17, 15) is 13.2 Å². The van der Waals surface area contributed by atoms with Crippen molar-refractivity contribution in [1.82, 2.24) is 9.62 Å². The van der Waals surface area contributed by atoms with Crippen LogP contribution in [0.2, 0.25) is 0 Å². The summed E-state index contributed by atoms with van der Waals surface area (Å²) in [4.78, 5) is 13.2. The van der Waals surface area contributed by atoms with E-state index in [4.69, 9.17) is 9.47 Å². The van der Waals surface area contributed by atoms with Gasteiger partial charge in [0.15, 0.2) is 11.5 Å². The van der Waals surface area contributed by atoms with Crippen molar-refractivity contribution >= 4 is 15.9 Å². The van der Waals surface area contributed by atoms with Gasteiger partial charge in [0, 0.05) is 32.6 Å².